The summed E-state index contributed by atoms with van der Waals surface area (Å²) in [6, 6.07) is 15.3. The number of carbonyl (C=O) groups excluding carboxylic acids is 4. The zero-order valence-corrected chi connectivity index (χ0v) is 21.8. The second-order valence-corrected chi connectivity index (χ2v) is 9.47. The van der Waals surface area contributed by atoms with Crippen molar-refractivity contribution in [2.24, 2.45) is 0 Å². The van der Waals surface area contributed by atoms with Crippen LogP contribution in [-0.2, 0) is 9.47 Å². The molecule has 3 aromatic rings. The van der Waals surface area contributed by atoms with Crippen LogP contribution in [0, 0.1) is 0 Å². The SMILES string of the molecule is O=C(COC(=O)c1cc(Cl)c(Cl)cc1C(=O)OCC(=O)c1ccc(Br)cc1)c1ccc(Br)cc1. The number of rotatable bonds is 8. The Balaban J connectivity index is 1.71. The number of carbonyl (C=O) groups is 4. The minimum Gasteiger partial charge on any atom is -0.454 e. The lowest BCUT2D eigenvalue weighted by Gasteiger charge is -2.11. The van der Waals surface area contributed by atoms with Gasteiger partial charge in [0.05, 0.1) is 21.2 Å². The molecule has 0 aromatic heterocycles. The summed E-state index contributed by atoms with van der Waals surface area (Å²) in [6.45, 7) is -1.12. The van der Waals surface area contributed by atoms with Crippen LogP contribution in [0.15, 0.2) is 69.6 Å². The maximum atomic E-state index is 12.7. The van der Waals surface area contributed by atoms with Gasteiger partial charge in [-0.3, -0.25) is 9.59 Å². The van der Waals surface area contributed by atoms with Gasteiger partial charge in [0.25, 0.3) is 0 Å². The molecule has 0 fully saturated rings. The van der Waals surface area contributed by atoms with Gasteiger partial charge >= 0.3 is 11.9 Å². The molecule has 6 nitrogen and oxygen atoms in total. The Labute approximate surface area is 221 Å². The smallest absolute Gasteiger partial charge is 0.339 e. The van der Waals surface area contributed by atoms with Crippen LogP contribution in [0.5, 0.6) is 0 Å². The summed E-state index contributed by atoms with van der Waals surface area (Å²) in [5, 5.41) is -0.00863. The number of Topliss-reactive ketones (excluding diaryl/α,β-unsaturated/α-hetero) is 2. The Bertz CT molecular complexity index is 1160. The largest absolute Gasteiger partial charge is 0.454 e. The van der Waals surface area contributed by atoms with Gasteiger partial charge in [0.2, 0.25) is 0 Å². The van der Waals surface area contributed by atoms with Crippen LogP contribution >= 0.6 is 55.1 Å². The van der Waals surface area contributed by atoms with Gasteiger partial charge in [0.1, 0.15) is 0 Å². The fourth-order valence-electron chi connectivity index (χ4n) is 2.74. The van der Waals surface area contributed by atoms with E-state index in [1.807, 2.05) is 0 Å². The van der Waals surface area contributed by atoms with Crippen LogP contribution in [0.2, 0.25) is 10.0 Å². The highest BCUT2D eigenvalue weighted by Gasteiger charge is 2.23. The predicted molar refractivity (Wildman–Crippen MR) is 134 cm³/mol. The number of esters is 2. The first-order valence-corrected chi connectivity index (χ1v) is 11.9. The number of halogens is 4. The van der Waals surface area contributed by atoms with Gasteiger partial charge < -0.3 is 9.47 Å². The molecule has 3 rings (SSSR count). The lowest BCUT2D eigenvalue weighted by atomic mass is 10.1. The Morgan fingerprint density at radius 1 is 0.618 bits per heavy atom. The molecule has 0 atom stereocenters. The number of ketones is 2. The van der Waals surface area contributed by atoms with Gasteiger partial charge in [0, 0.05) is 20.1 Å². The number of hydrogen-bond acceptors (Lipinski definition) is 6. The third-order valence-corrected chi connectivity index (χ3v) is 6.28. The summed E-state index contributed by atoms with van der Waals surface area (Å²) in [5.41, 5.74) is 0.186. The quantitative estimate of drug-likeness (QED) is 0.206. The summed E-state index contributed by atoms with van der Waals surface area (Å²) in [4.78, 5) is 49.9. The Hall–Kier alpha value is -2.52. The van der Waals surface area contributed by atoms with Gasteiger partial charge in [-0.15, -0.1) is 0 Å². The molecule has 3 aromatic carbocycles. The topological polar surface area (TPSA) is 86.7 Å². The van der Waals surface area contributed by atoms with Gasteiger partial charge in [-0.1, -0.05) is 79.3 Å². The fourth-order valence-corrected chi connectivity index (χ4v) is 3.60. The van der Waals surface area contributed by atoms with E-state index in [1.54, 1.807) is 48.5 Å². The zero-order valence-electron chi connectivity index (χ0n) is 17.1. The Kier molecular flexibility index (Phi) is 9.02. The van der Waals surface area contributed by atoms with E-state index < -0.39 is 36.7 Å². The van der Waals surface area contributed by atoms with Gasteiger partial charge in [-0.2, -0.15) is 0 Å². The van der Waals surface area contributed by atoms with E-state index in [9.17, 15) is 19.2 Å². The summed E-state index contributed by atoms with van der Waals surface area (Å²) in [6.07, 6.45) is 0. The molecule has 10 heteroatoms. The molecule has 0 saturated carbocycles. The molecule has 0 radical (unpaired) electrons. The van der Waals surface area contributed by atoms with Crippen molar-refractivity contribution in [3.8, 4) is 0 Å². The van der Waals surface area contributed by atoms with Crippen LogP contribution in [0.4, 0.5) is 0 Å². The highest BCUT2D eigenvalue weighted by molar-refractivity contribution is 9.10. The van der Waals surface area contributed by atoms with Crippen molar-refractivity contribution < 1.29 is 28.7 Å². The van der Waals surface area contributed by atoms with E-state index in [4.69, 9.17) is 32.7 Å². The molecule has 0 unspecified atom stereocenters. The summed E-state index contributed by atoms with van der Waals surface area (Å²) in [5.74, 6) is -2.83. The van der Waals surface area contributed by atoms with Crippen molar-refractivity contribution in [2.75, 3.05) is 13.2 Å². The van der Waals surface area contributed by atoms with Crippen LogP contribution < -0.4 is 0 Å². The predicted octanol–water partition coefficient (Wildman–Crippen LogP) is 6.60. The van der Waals surface area contributed by atoms with Crippen molar-refractivity contribution in [3.63, 3.8) is 0 Å². The lowest BCUT2D eigenvalue weighted by Crippen LogP contribution is -2.19. The lowest BCUT2D eigenvalue weighted by molar-refractivity contribution is 0.0439. The average molecular weight is 629 g/mol. The Morgan fingerprint density at radius 2 is 0.941 bits per heavy atom. The van der Waals surface area contributed by atoms with Crippen LogP contribution in [0.25, 0.3) is 0 Å². The number of ether oxygens (including phenoxy) is 2. The zero-order chi connectivity index (χ0) is 24.8. The molecule has 34 heavy (non-hydrogen) atoms. The van der Waals surface area contributed by atoms with Crippen molar-refractivity contribution in [1.29, 1.82) is 0 Å². The Morgan fingerprint density at radius 3 is 1.26 bits per heavy atom. The van der Waals surface area contributed by atoms with E-state index in [0.29, 0.717) is 11.1 Å². The average Bonchev–Trinajstić information content (AvgIpc) is 2.82. The number of hydrogen-bond donors (Lipinski definition) is 0. The summed E-state index contributed by atoms with van der Waals surface area (Å²) < 4.78 is 11.8. The van der Waals surface area contributed by atoms with Crippen LogP contribution in [-0.4, -0.2) is 36.7 Å². The molecule has 0 N–H and O–H groups in total. The van der Waals surface area contributed by atoms with E-state index in [0.717, 1.165) is 21.1 Å². The minimum atomic E-state index is -0.977. The highest BCUT2D eigenvalue weighted by Crippen LogP contribution is 2.27. The first-order chi connectivity index (χ1) is 16.2. The van der Waals surface area contributed by atoms with Gasteiger partial charge in [-0.05, 0) is 36.4 Å². The van der Waals surface area contributed by atoms with Crippen molar-refractivity contribution in [3.05, 3.63) is 102 Å². The molecule has 0 amide bonds. The molecular weight excluding hydrogens is 615 g/mol. The van der Waals surface area contributed by atoms with E-state index in [-0.39, 0.29) is 21.2 Å². The second kappa shape index (κ2) is 11.8. The van der Waals surface area contributed by atoms with Crippen molar-refractivity contribution in [1.82, 2.24) is 0 Å². The molecule has 174 valence electrons. The molecule has 0 aliphatic carbocycles. The normalized spacial score (nSPS) is 10.5. The van der Waals surface area contributed by atoms with Crippen LogP contribution in [0.1, 0.15) is 41.4 Å². The first-order valence-electron chi connectivity index (χ1n) is 9.56. The third-order valence-electron chi connectivity index (χ3n) is 4.50. The monoisotopic (exact) mass is 626 g/mol. The molecule has 0 heterocycles. The molecule has 0 saturated heterocycles. The van der Waals surface area contributed by atoms with E-state index in [2.05, 4.69) is 31.9 Å². The summed E-state index contributed by atoms with van der Waals surface area (Å²) >= 11 is 18.6. The summed E-state index contributed by atoms with van der Waals surface area (Å²) in [7, 11) is 0. The van der Waals surface area contributed by atoms with Crippen molar-refractivity contribution in [2.45, 2.75) is 0 Å². The molecule has 0 aliphatic rings. The minimum absolute atomic E-state index is 0.00431. The molecular formula is C24H14Br2Cl2O6. The maximum Gasteiger partial charge on any atom is 0.339 e. The van der Waals surface area contributed by atoms with Crippen LogP contribution in [0.3, 0.4) is 0 Å². The molecule has 0 bridgehead atoms. The maximum absolute atomic E-state index is 12.7. The highest BCUT2D eigenvalue weighted by atomic mass is 79.9. The molecule has 0 spiro atoms. The standard InChI is InChI=1S/C24H14Br2Cl2O6/c25-15-5-1-13(2-6-15)21(29)11-33-23(31)17-9-19(27)20(28)10-18(17)24(32)34-12-22(30)14-3-7-16(26)8-4-14/h1-10H,11-12H2. The van der Waals surface area contributed by atoms with Gasteiger partial charge in [-0.25, -0.2) is 9.59 Å². The van der Waals surface area contributed by atoms with E-state index >= 15 is 0 Å². The number of benzene rings is 3. The first kappa shape index (κ1) is 26.1. The second-order valence-electron chi connectivity index (χ2n) is 6.82. The van der Waals surface area contributed by atoms with Crippen molar-refractivity contribution >= 4 is 78.6 Å². The molecule has 0 aliphatic heterocycles. The van der Waals surface area contributed by atoms with Gasteiger partial charge in [0.15, 0.2) is 24.8 Å². The third kappa shape index (κ3) is 6.76. The fraction of sp³-hybridized carbons (Fsp3) is 0.0833. The van der Waals surface area contributed by atoms with E-state index in [1.165, 1.54) is 0 Å².